The number of nitrogens with zero attached hydrogens (tertiary/aromatic N) is 3. The van der Waals surface area contributed by atoms with Gasteiger partial charge in [-0.2, -0.15) is 0 Å². The molecule has 0 bridgehead atoms. The van der Waals surface area contributed by atoms with Gasteiger partial charge in [0, 0.05) is 12.0 Å². The van der Waals surface area contributed by atoms with Crippen molar-refractivity contribution in [2.75, 3.05) is 5.75 Å². The maximum atomic E-state index is 12.6. The molecule has 0 saturated heterocycles. The summed E-state index contributed by atoms with van der Waals surface area (Å²) in [7, 11) is 0. The van der Waals surface area contributed by atoms with E-state index in [4.69, 9.17) is 0 Å². The zero-order chi connectivity index (χ0) is 17.5. The Kier molecular flexibility index (Phi) is 4.23. The zero-order valence-electron chi connectivity index (χ0n) is 14.9. The molecular weight excluding hydrogens is 344 g/mol. The highest BCUT2D eigenvalue weighted by molar-refractivity contribution is 7.99. The summed E-state index contributed by atoms with van der Waals surface area (Å²) in [5.74, 6) is 2.26. The standard InChI is InChI=1S/C20H24N4OS/c25-18(21-17-7-3-5-13-4-1-2-6-16(13)17)12-26-20-23-22-19(14-8-9-14)24(20)15-10-11-15/h1-2,4,6,14-15,17H,3,5,7-12H2,(H,21,25)/t17-/m0/s1. The van der Waals surface area contributed by atoms with Gasteiger partial charge >= 0.3 is 0 Å². The normalized spacial score (nSPS) is 22.1. The average Bonchev–Trinajstić information content (AvgIpc) is 3.59. The van der Waals surface area contributed by atoms with Crippen molar-refractivity contribution in [3.63, 3.8) is 0 Å². The van der Waals surface area contributed by atoms with Crippen molar-refractivity contribution < 1.29 is 4.79 Å². The molecule has 1 atom stereocenters. The summed E-state index contributed by atoms with van der Waals surface area (Å²) in [4.78, 5) is 12.6. The second-order valence-electron chi connectivity index (χ2n) is 7.72. The SMILES string of the molecule is O=C(CSc1nnc(C2CC2)n1C1CC1)N[C@H]1CCCc2ccccc21. The summed E-state index contributed by atoms with van der Waals surface area (Å²) in [5.41, 5.74) is 2.66. The van der Waals surface area contributed by atoms with Gasteiger partial charge in [-0.25, -0.2) is 0 Å². The van der Waals surface area contributed by atoms with Crippen molar-refractivity contribution in [1.29, 1.82) is 0 Å². The van der Waals surface area contributed by atoms with Gasteiger partial charge in [-0.3, -0.25) is 4.79 Å². The van der Waals surface area contributed by atoms with E-state index >= 15 is 0 Å². The van der Waals surface area contributed by atoms with Crippen LogP contribution in [0, 0.1) is 0 Å². The van der Waals surface area contributed by atoms with Gasteiger partial charge < -0.3 is 9.88 Å². The topological polar surface area (TPSA) is 59.8 Å². The largest absolute Gasteiger partial charge is 0.349 e. The first-order valence-corrected chi connectivity index (χ1v) is 10.7. The number of carbonyl (C=O) groups excluding carboxylic acids is 1. The van der Waals surface area contributed by atoms with Gasteiger partial charge in [0.15, 0.2) is 5.16 Å². The van der Waals surface area contributed by atoms with Crippen LogP contribution in [0.5, 0.6) is 0 Å². The Bertz CT molecular complexity index is 825. The second-order valence-corrected chi connectivity index (χ2v) is 8.66. The van der Waals surface area contributed by atoms with E-state index in [0.29, 0.717) is 17.7 Å². The van der Waals surface area contributed by atoms with Gasteiger partial charge in [0.25, 0.3) is 0 Å². The number of thioether (sulfide) groups is 1. The van der Waals surface area contributed by atoms with Crippen LogP contribution >= 0.6 is 11.8 Å². The van der Waals surface area contributed by atoms with E-state index in [1.54, 1.807) is 0 Å². The number of aromatic nitrogens is 3. The first-order valence-electron chi connectivity index (χ1n) is 9.74. The Morgan fingerprint density at radius 1 is 1.15 bits per heavy atom. The van der Waals surface area contributed by atoms with Crippen LogP contribution in [-0.2, 0) is 11.2 Å². The molecule has 5 rings (SSSR count). The number of nitrogens with one attached hydrogen (secondary N) is 1. The number of fused-ring (bicyclic) bond motifs is 1. The molecule has 6 heteroatoms. The van der Waals surface area contributed by atoms with Crippen molar-refractivity contribution in [1.82, 2.24) is 20.1 Å². The van der Waals surface area contributed by atoms with Crippen molar-refractivity contribution in [2.24, 2.45) is 0 Å². The monoisotopic (exact) mass is 368 g/mol. The lowest BCUT2D eigenvalue weighted by atomic mass is 9.88. The van der Waals surface area contributed by atoms with Crippen LogP contribution in [0.15, 0.2) is 29.4 Å². The first kappa shape index (κ1) is 16.4. The third-order valence-corrected chi connectivity index (χ3v) is 6.53. The molecule has 2 fully saturated rings. The molecule has 1 heterocycles. The molecule has 0 spiro atoms. The predicted molar refractivity (Wildman–Crippen MR) is 101 cm³/mol. The van der Waals surface area contributed by atoms with E-state index < -0.39 is 0 Å². The van der Waals surface area contributed by atoms with Crippen LogP contribution in [0.25, 0.3) is 0 Å². The highest BCUT2D eigenvalue weighted by Gasteiger charge is 2.36. The summed E-state index contributed by atoms with van der Waals surface area (Å²) in [5, 5.41) is 13.0. The van der Waals surface area contributed by atoms with Crippen molar-refractivity contribution in [2.45, 2.75) is 68.1 Å². The number of hydrogen-bond acceptors (Lipinski definition) is 4. The number of benzene rings is 1. The number of aryl methyl sites for hydroxylation is 1. The number of hydrogen-bond donors (Lipinski definition) is 1. The maximum Gasteiger partial charge on any atom is 0.230 e. The lowest BCUT2D eigenvalue weighted by molar-refractivity contribution is -0.119. The molecule has 3 aliphatic rings. The highest BCUT2D eigenvalue weighted by Crippen LogP contribution is 2.46. The number of carbonyl (C=O) groups is 1. The predicted octanol–water partition coefficient (Wildman–Crippen LogP) is 3.78. The van der Waals surface area contributed by atoms with Gasteiger partial charge in [0.2, 0.25) is 5.91 Å². The summed E-state index contributed by atoms with van der Waals surface area (Å²) >= 11 is 1.54. The van der Waals surface area contributed by atoms with Gasteiger partial charge in [-0.1, -0.05) is 36.0 Å². The Morgan fingerprint density at radius 2 is 2.00 bits per heavy atom. The molecule has 2 saturated carbocycles. The van der Waals surface area contributed by atoms with E-state index in [1.165, 1.54) is 48.6 Å². The molecule has 2 aromatic rings. The molecular formula is C20H24N4OS. The average molecular weight is 369 g/mol. The highest BCUT2D eigenvalue weighted by atomic mass is 32.2. The molecule has 1 aromatic heterocycles. The third-order valence-electron chi connectivity index (χ3n) is 5.58. The maximum absolute atomic E-state index is 12.6. The van der Waals surface area contributed by atoms with E-state index in [2.05, 4.69) is 44.3 Å². The zero-order valence-corrected chi connectivity index (χ0v) is 15.7. The fraction of sp³-hybridized carbons (Fsp3) is 0.550. The Balaban J connectivity index is 1.24. The molecule has 3 aliphatic carbocycles. The summed E-state index contributed by atoms with van der Waals surface area (Å²) in [6.07, 6.45) is 8.18. The van der Waals surface area contributed by atoms with Gasteiger partial charge in [-0.05, 0) is 56.1 Å². The Hall–Kier alpha value is -1.82. The number of rotatable bonds is 6. The minimum atomic E-state index is 0.0926. The lowest BCUT2D eigenvalue weighted by Crippen LogP contribution is -2.32. The lowest BCUT2D eigenvalue weighted by Gasteiger charge is -2.26. The molecule has 0 radical (unpaired) electrons. The molecule has 1 N–H and O–H groups in total. The fourth-order valence-corrected chi connectivity index (χ4v) is 4.78. The van der Waals surface area contributed by atoms with E-state index in [1.807, 2.05) is 0 Å². The van der Waals surface area contributed by atoms with E-state index in [-0.39, 0.29) is 11.9 Å². The van der Waals surface area contributed by atoms with Crippen molar-refractivity contribution in [3.8, 4) is 0 Å². The molecule has 26 heavy (non-hydrogen) atoms. The van der Waals surface area contributed by atoms with E-state index in [9.17, 15) is 4.79 Å². The van der Waals surface area contributed by atoms with Crippen LogP contribution < -0.4 is 5.32 Å². The smallest absolute Gasteiger partial charge is 0.230 e. The Labute approximate surface area is 158 Å². The van der Waals surface area contributed by atoms with Crippen LogP contribution in [-0.4, -0.2) is 26.4 Å². The van der Waals surface area contributed by atoms with Crippen LogP contribution in [0.4, 0.5) is 0 Å². The molecule has 1 aromatic carbocycles. The minimum absolute atomic E-state index is 0.0926. The molecule has 0 unspecified atom stereocenters. The second kappa shape index (κ2) is 6.72. The van der Waals surface area contributed by atoms with Gasteiger partial charge in [0.05, 0.1) is 11.8 Å². The van der Waals surface area contributed by atoms with Crippen LogP contribution in [0.2, 0.25) is 0 Å². The number of amides is 1. The van der Waals surface area contributed by atoms with Crippen LogP contribution in [0.3, 0.4) is 0 Å². The summed E-state index contributed by atoms with van der Waals surface area (Å²) in [6.45, 7) is 0. The van der Waals surface area contributed by atoms with Crippen molar-refractivity contribution >= 4 is 17.7 Å². The van der Waals surface area contributed by atoms with Crippen molar-refractivity contribution in [3.05, 3.63) is 41.2 Å². The molecule has 0 aliphatic heterocycles. The quantitative estimate of drug-likeness (QED) is 0.789. The first-order chi connectivity index (χ1) is 12.8. The molecule has 1 amide bonds. The van der Waals surface area contributed by atoms with Crippen LogP contribution in [0.1, 0.15) is 73.5 Å². The van der Waals surface area contributed by atoms with E-state index in [0.717, 1.165) is 30.2 Å². The Morgan fingerprint density at radius 3 is 2.81 bits per heavy atom. The molecule has 5 nitrogen and oxygen atoms in total. The van der Waals surface area contributed by atoms with Gasteiger partial charge in [0.1, 0.15) is 5.82 Å². The fourth-order valence-electron chi connectivity index (χ4n) is 3.95. The summed E-state index contributed by atoms with van der Waals surface area (Å²) in [6, 6.07) is 9.20. The third kappa shape index (κ3) is 3.27. The minimum Gasteiger partial charge on any atom is -0.349 e. The summed E-state index contributed by atoms with van der Waals surface area (Å²) < 4.78 is 2.31. The molecule has 136 valence electrons. The van der Waals surface area contributed by atoms with Gasteiger partial charge in [-0.15, -0.1) is 10.2 Å².